The Balaban J connectivity index is 2.13. The van der Waals surface area contributed by atoms with Crippen LogP contribution in [0.25, 0.3) is 0 Å². The van der Waals surface area contributed by atoms with Crippen molar-refractivity contribution in [3.05, 3.63) is 35.9 Å². The van der Waals surface area contributed by atoms with Gasteiger partial charge in [-0.15, -0.1) is 0 Å². The van der Waals surface area contributed by atoms with E-state index in [1.54, 1.807) is 30.3 Å². The van der Waals surface area contributed by atoms with Crippen LogP contribution in [0.1, 0.15) is 42.5 Å². The molecule has 0 aliphatic carbocycles. The first-order chi connectivity index (χ1) is 9.59. The molecule has 0 spiro atoms. The minimum Gasteiger partial charge on any atom is -0.481 e. The van der Waals surface area contributed by atoms with Crippen LogP contribution in [0.5, 0.6) is 0 Å². The van der Waals surface area contributed by atoms with E-state index in [9.17, 15) is 14.4 Å². The number of carbonyl (C=O) groups excluding carboxylic acids is 2. The summed E-state index contributed by atoms with van der Waals surface area (Å²) in [5.41, 5.74) is 0.460. The number of carbonyl (C=O) groups is 3. The normalized spacial score (nSPS) is 10.0. The molecule has 20 heavy (non-hydrogen) atoms. The fraction of sp³-hybridized carbons (Fsp3) is 0.400. The van der Waals surface area contributed by atoms with Gasteiger partial charge in [0.05, 0.1) is 12.2 Å². The smallest absolute Gasteiger partial charge is 0.338 e. The number of unbranched alkanes of at least 4 members (excludes halogenated alkanes) is 1. The molecule has 0 saturated heterocycles. The molecule has 0 amide bonds. The first kappa shape index (κ1) is 15.9. The third-order valence-electron chi connectivity index (χ3n) is 2.72. The zero-order chi connectivity index (χ0) is 14.8. The number of benzene rings is 1. The lowest BCUT2D eigenvalue weighted by Gasteiger charge is -2.04. The number of aliphatic carboxylic acids is 1. The fourth-order valence-corrected chi connectivity index (χ4v) is 1.64. The highest BCUT2D eigenvalue weighted by molar-refractivity contribution is 5.89. The van der Waals surface area contributed by atoms with Gasteiger partial charge >= 0.3 is 11.9 Å². The predicted octanol–water partition coefficient (Wildman–Crippen LogP) is 2.45. The number of ketones is 1. The second-order valence-electron chi connectivity index (χ2n) is 4.39. The molecule has 1 aromatic rings. The molecule has 0 aliphatic rings. The number of hydrogen-bond donors (Lipinski definition) is 1. The van der Waals surface area contributed by atoms with E-state index in [-0.39, 0.29) is 25.2 Å². The summed E-state index contributed by atoms with van der Waals surface area (Å²) in [6, 6.07) is 8.58. The van der Waals surface area contributed by atoms with Crippen LogP contribution >= 0.6 is 0 Å². The highest BCUT2D eigenvalue weighted by Crippen LogP contribution is 2.05. The van der Waals surface area contributed by atoms with E-state index in [1.807, 2.05) is 0 Å². The number of carboxylic acid groups (broad SMARTS) is 1. The summed E-state index contributed by atoms with van der Waals surface area (Å²) in [7, 11) is 0. The summed E-state index contributed by atoms with van der Waals surface area (Å²) in [6.45, 7) is 0.0610. The molecule has 1 aromatic carbocycles. The van der Waals surface area contributed by atoms with Gasteiger partial charge in [-0.2, -0.15) is 0 Å². The lowest BCUT2D eigenvalue weighted by molar-refractivity contribution is -0.137. The van der Waals surface area contributed by atoms with Crippen molar-refractivity contribution in [3.63, 3.8) is 0 Å². The Morgan fingerprint density at radius 3 is 2.25 bits per heavy atom. The topological polar surface area (TPSA) is 80.7 Å². The van der Waals surface area contributed by atoms with Crippen molar-refractivity contribution < 1.29 is 24.2 Å². The molecule has 0 bridgehead atoms. The molecular formula is C15H18O5. The fourth-order valence-electron chi connectivity index (χ4n) is 1.64. The number of ether oxygens (including phenoxy) is 1. The van der Waals surface area contributed by atoms with Gasteiger partial charge in [-0.3, -0.25) is 9.59 Å². The quantitative estimate of drug-likeness (QED) is 0.554. The van der Waals surface area contributed by atoms with E-state index >= 15 is 0 Å². The van der Waals surface area contributed by atoms with Gasteiger partial charge in [0.1, 0.15) is 5.78 Å². The van der Waals surface area contributed by atoms with Gasteiger partial charge in [0.25, 0.3) is 0 Å². The van der Waals surface area contributed by atoms with Crippen LogP contribution in [0.15, 0.2) is 30.3 Å². The van der Waals surface area contributed by atoms with Gasteiger partial charge in [0, 0.05) is 19.3 Å². The lowest BCUT2D eigenvalue weighted by Crippen LogP contribution is -2.10. The zero-order valence-electron chi connectivity index (χ0n) is 11.2. The first-order valence-electron chi connectivity index (χ1n) is 6.55. The Hall–Kier alpha value is -2.17. The summed E-state index contributed by atoms with van der Waals surface area (Å²) in [4.78, 5) is 33.3. The van der Waals surface area contributed by atoms with Crippen LogP contribution in [0.4, 0.5) is 0 Å². The van der Waals surface area contributed by atoms with Crippen molar-refractivity contribution in [2.45, 2.75) is 32.1 Å². The zero-order valence-corrected chi connectivity index (χ0v) is 11.2. The van der Waals surface area contributed by atoms with Crippen molar-refractivity contribution in [1.82, 2.24) is 0 Å². The second-order valence-corrected chi connectivity index (χ2v) is 4.39. The van der Waals surface area contributed by atoms with Crippen LogP contribution in [-0.4, -0.2) is 29.4 Å². The predicted molar refractivity (Wildman–Crippen MR) is 72.5 cm³/mol. The van der Waals surface area contributed by atoms with Crippen molar-refractivity contribution in [3.8, 4) is 0 Å². The molecule has 0 atom stereocenters. The molecule has 0 unspecified atom stereocenters. The molecule has 5 heteroatoms. The van der Waals surface area contributed by atoms with Gasteiger partial charge in [0.2, 0.25) is 0 Å². The highest BCUT2D eigenvalue weighted by atomic mass is 16.5. The monoisotopic (exact) mass is 278 g/mol. The van der Waals surface area contributed by atoms with E-state index in [0.29, 0.717) is 24.8 Å². The number of esters is 1. The maximum atomic E-state index is 11.6. The van der Waals surface area contributed by atoms with Crippen LogP contribution in [0, 0.1) is 0 Å². The molecule has 0 heterocycles. The molecule has 0 saturated carbocycles. The molecule has 0 aliphatic heterocycles. The molecule has 0 aromatic heterocycles. The maximum absolute atomic E-state index is 11.6. The summed E-state index contributed by atoms with van der Waals surface area (Å²) in [6.07, 6.45) is 1.63. The Morgan fingerprint density at radius 2 is 1.60 bits per heavy atom. The molecule has 108 valence electrons. The van der Waals surface area contributed by atoms with Crippen LogP contribution in [-0.2, 0) is 14.3 Å². The molecular weight excluding hydrogens is 260 g/mol. The van der Waals surface area contributed by atoms with Crippen molar-refractivity contribution in [2.75, 3.05) is 6.61 Å². The first-order valence-corrected chi connectivity index (χ1v) is 6.55. The molecule has 0 fully saturated rings. The average molecular weight is 278 g/mol. The number of Topliss-reactive ketones (excluding diaryl/α,β-unsaturated/α-hetero) is 1. The summed E-state index contributed by atoms with van der Waals surface area (Å²) < 4.78 is 4.99. The Bertz CT molecular complexity index is 453. The third-order valence-corrected chi connectivity index (χ3v) is 2.72. The molecule has 5 nitrogen and oxygen atoms in total. The largest absolute Gasteiger partial charge is 0.481 e. The number of rotatable bonds is 9. The van der Waals surface area contributed by atoms with Crippen molar-refractivity contribution >= 4 is 17.7 Å². The van der Waals surface area contributed by atoms with E-state index in [1.165, 1.54) is 0 Å². The lowest BCUT2D eigenvalue weighted by atomic mass is 10.1. The Morgan fingerprint density at radius 1 is 0.950 bits per heavy atom. The number of hydrogen-bond acceptors (Lipinski definition) is 4. The van der Waals surface area contributed by atoms with E-state index in [0.717, 1.165) is 0 Å². The maximum Gasteiger partial charge on any atom is 0.338 e. The van der Waals surface area contributed by atoms with Crippen molar-refractivity contribution in [2.24, 2.45) is 0 Å². The summed E-state index contributed by atoms with van der Waals surface area (Å²) >= 11 is 0. The van der Waals surface area contributed by atoms with Crippen LogP contribution in [0.3, 0.4) is 0 Å². The third kappa shape index (κ3) is 6.68. The minimum absolute atomic E-state index is 0.0174. The van der Waals surface area contributed by atoms with E-state index in [4.69, 9.17) is 9.84 Å². The molecule has 1 rings (SSSR count). The molecule has 0 radical (unpaired) electrons. The Kier molecular flexibility index (Phi) is 7.03. The minimum atomic E-state index is -0.853. The number of carboxylic acids is 1. The summed E-state index contributed by atoms with van der Waals surface area (Å²) in [5, 5.41) is 8.45. The summed E-state index contributed by atoms with van der Waals surface area (Å²) in [5.74, 6) is -1.31. The Labute approximate surface area is 117 Å². The van der Waals surface area contributed by atoms with Gasteiger partial charge in [-0.05, 0) is 25.0 Å². The average Bonchev–Trinajstić information content (AvgIpc) is 2.44. The van der Waals surface area contributed by atoms with E-state index in [2.05, 4.69) is 0 Å². The van der Waals surface area contributed by atoms with Crippen LogP contribution < -0.4 is 0 Å². The highest BCUT2D eigenvalue weighted by Gasteiger charge is 2.08. The van der Waals surface area contributed by atoms with Gasteiger partial charge < -0.3 is 9.84 Å². The second kappa shape index (κ2) is 8.85. The van der Waals surface area contributed by atoms with Gasteiger partial charge in [-0.25, -0.2) is 4.79 Å². The van der Waals surface area contributed by atoms with Gasteiger partial charge in [0.15, 0.2) is 0 Å². The van der Waals surface area contributed by atoms with Crippen molar-refractivity contribution in [1.29, 1.82) is 0 Å². The van der Waals surface area contributed by atoms with Crippen LogP contribution in [0.2, 0.25) is 0 Å². The van der Waals surface area contributed by atoms with Gasteiger partial charge in [-0.1, -0.05) is 18.2 Å². The standard InChI is InChI=1S/C15H18O5/c16-13(8-4-5-9-14(17)18)10-11-20-15(19)12-6-2-1-3-7-12/h1-3,6-7H,4-5,8-11H2,(H,17,18). The molecule has 1 N–H and O–H groups in total. The van der Waals surface area contributed by atoms with E-state index < -0.39 is 11.9 Å². The SMILES string of the molecule is O=C(O)CCCCC(=O)CCOC(=O)c1ccccc1.